The fourth-order valence-electron chi connectivity index (χ4n) is 4.00. The van der Waals surface area contributed by atoms with Crippen molar-refractivity contribution >= 4 is 16.9 Å². The Morgan fingerprint density at radius 1 is 0.930 bits per heavy atom. The molecule has 7 nitrogen and oxygen atoms in total. The number of furan rings is 1. The maximum absolute atomic E-state index is 14.0. The molecule has 0 unspecified atom stereocenters. The lowest BCUT2D eigenvalue weighted by Crippen LogP contribution is -2.41. The van der Waals surface area contributed by atoms with Gasteiger partial charge < -0.3 is 18.6 Å². The van der Waals surface area contributed by atoms with Gasteiger partial charge in [0.05, 0.1) is 38.7 Å². The molecule has 0 radical (unpaired) electrons. The van der Waals surface area contributed by atoms with Crippen molar-refractivity contribution in [3.8, 4) is 22.8 Å². The maximum atomic E-state index is 14.0. The van der Waals surface area contributed by atoms with E-state index in [0.29, 0.717) is 34.1 Å². The number of methoxy groups -OCH3 is 1. The summed E-state index contributed by atoms with van der Waals surface area (Å²) < 4.78 is 110. The molecule has 0 amide bonds. The Kier molecular flexibility index (Phi) is 11.5. The maximum Gasteiger partial charge on any atom is 0.494 e. The number of hydrogen-bond acceptors (Lipinski definition) is 7. The van der Waals surface area contributed by atoms with Crippen LogP contribution in [0.1, 0.15) is 44.6 Å². The second-order valence-corrected chi connectivity index (χ2v) is 9.46. The van der Waals surface area contributed by atoms with Gasteiger partial charge in [0.25, 0.3) is 0 Å². The normalized spacial score (nSPS) is 12.4. The molecule has 1 aromatic heterocycles. The molecule has 3 rings (SSSR count). The summed E-state index contributed by atoms with van der Waals surface area (Å²) in [5.74, 6) is 0.134. The first-order chi connectivity index (χ1) is 20.3. The lowest BCUT2D eigenvalue weighted by molar-refractivity contribution is -0.514. The number of alkyl halides is 6. The highest BCUT2D eigenvalue weighted by Crippen LogP contribution is 2.38. The first-order valence-electron chi connectivity index (χ1n) is 13.4. The van der Waals surface area contributed by atoms with Gasteiger partial charge in [-0.3, -0.25) is 0 Å². The van der Waals surface area contributed by atoms with Crippen LogP contribution < -0.4 is 9.47 Å². The molecular formula is C30H32F6O7. The van der Waals surface area contributed by atoms with Gasteiger partial charge in [-0.2, -0.15) is 17.6 Å². The minimum absolute atomic E-state index is 0.0889. The Morgan fingerprint density at radius 3 is 2.28 bits per heavy atom. The van der Waals surface area contributed by atoms with Crippen molar-refractivity contribution in [1.29, 1.82) is 0 Å². The molecule has 0 atom stereocenters. The van der Waals surface area contributed by atoms with E-state index in [4.69, 9.17) is 13.9 Å². The zero-order chi connectivity index (χ0) is 31.7. The standard InChI is InChI=1S/C30H32F6O7/c1-4-6-7-8-20-9-12-23(25(17-20)38-3)26-18-21-10-11-22(19-24(21)41-26)39-15-13-28(31,32)42-30(35,36)43-29(33,34)14-16-40-27(37)5-2/h5,9-12,17-19H,2,4,6-8,13-16H2,1,3H3. The zero-order valence-electron chi connectivity index (χ0n) is 23.6. The molecule has 3 aromatic rings. The van der Waals surface area contributed by atoms with Crippen molar-refractivity contribution in [2.75, 3.05) is 20.3 Å². The van der Waals surface area contributed by atoms with Crippen molar-refractivity contribution in [3.05, 3.63) is 60.7 Å². The molecule has 0 spiro atoms. The predicted molar refractivity (Wildman–Crippen MR) is 144 cm³/mol. The number of esters is 1. The van der Waals surface area contributed by atoms with Gasteiger partial charge in [0, 0.05) is 17.5 Å². The highest BCUT2D eigenvalue weighted by Gasteiger charge is 2.52. The molecule has 0 bridgehead atoms. The minimum atomic E-state index is -5.37. The number of hydrogen-bond donors (Lipinski definition) is 0. The zero-order valence-corrected chi connectivity index (χ0v) is 23.6. The molecule has 0 saturated heterocycles. The fraction of sp³-hybridized carbons (Fsp3) is 0.433. The number of fused-ring (bicyclic) bond motifs is 1. The van der Waals surface area contributed by atoms with Crippen LogP contribution in [0.2, 0.25) is 0 Å². The molecule has 0 N–H and O–H groups in total. The van der Waals surface area contributed by atoms with E-state index in [9.17, 15) is 31.1 Å². The monoisotopic (exact) mass is 618 g/mol. The highest BCUT2D eigenvalue weighted by molar-refractivity contribution is 5.85. The van der Waals surface area contributed by atoms with Gasteiger partial charge in [-0.25, -0.2) is 14.3 Å². The van der Waals surface area contributed by atoms with Gasteiger partial charge in [0.2, 0.25) is 0 Å². The molecule has 0 aliphatic carbocycles. The molecular weight excluding hydrogens is 586 g/mol. The van der Waals surface area contributed by atoms with Crippen LogP contribution in [-0.4, -0.2) is 44.8 Å². The molecule has 0 fully saturated rings. The topological polar surface area (TPSA) is 76.4 Å². The van der Waals surface area contributed by atoms with Crippen LogP contribution in [0.3, 0.4) is 0 Å². The van der Waals surface area contributed by atoms with Crippen LogP contribution >= 0.6 is 0 Å². The Morgan fingerprint density at radius 2 is 1.63 bits per heavy atom. The van der Waals surface area contributed by atoms with E-state index in [1.165, 1.54) is 12.1 Å². The number of rotatable bonds is 18. The Bertz CT molecular complexity index is 1370. The fourth-order valence-corrected chi connectivity index (χ4v) is 4.00. The van der Waals surface area contributed by atoms with Crippen LogP contribution in [0.4, 0.5) is 26.3 Å². The van der Waals surface area contributed by atoms with E-state index in [-0.39, 0.29) is 5.75 Å². The third kappa shape index (κ3) is 10.5. The van der Waals surface area contributed by atoms with Crippen molar-refractivity contribution in [2.24, 2.45) is 0 Å². The van der Waals surface area contributed by atoms with Crippen molar-refractivity contribution in [2.45, 2.75) is 64.0 Å². The number of carbonyl (C=O) groups is 1. The van der Waals surface area contributed by atoms with Crippen LogP contribution in [-0.2, 0) is 25.4 Å². The van der Waals surface area contributed by atoms with Crippen LogP contribution in [0, 0.1) is 0 Å². The van der Waals surface area contributed by atoms with Gasteiger partial charge in [-0.15, -0.1) is 8.78 Å². The van der Waals surface area contributed by atoms with E-state index in [1.54, 1.807) is 19.2 Å². The lowest BCUT2D eigenvalue weighted by Gasteiger charge is -2.26. The van der Waals surface area contributed by atoms with Crippen molar-refractivity contribution < 1.29 is 59.2 Å². The lowest BCUT2D eigenvalue weighted by atomic mass is 10.0. The first kappa shape index (κ1) is 33.8. The average molecular weight is 619 g/mol. The van der Waals surface area contributed by atoms with Gasteiger partial charge in [0.1, 0.15) is 22.8 Å². The third-order valence-electron chi connectivity index (χ3n) is 6.09. The summed E-state index contributed by atoms with van der Waals surface area (Å²) in [5.41, 5.74) is 2.21. The Hall–Kier alpha value is -3.71. The quantitative estimate of drug-likeness (QED) is 0.0465. The van der Waals surface area contributed by atoms with E-state index >= 15 is 0 Å². The number of benzene rings is 2. The Balaban J connectivity index is 1.58. The number of halogens is 6. The van der Waals surface area contributed by atoms with Gasteiger partial charge in [0.15, 0.2) is 0 Å². The second kappa shape index (κ2) is 14.6. The Labute approximate surface area is 244 Å². The van der Waals surface area contributed by atoms with Gasteiger partial charge >= 0.3 is 24.5 Å². The minimum Gasteiger partial charge on any atom is -0.496 e. The molecule has 2 aromatic carbocycles. The molecule has 0 aliphatic rings. The molecule has 0 saturated carbocycles. The SMILES string of the molecule is C=CC(=O)OCCC(F)(F)OC(F)(F)OC(F)(F)CCOc1ccc2cc(-c3ccc(CCCCC)cc3OC)oc2c1. The van der Waals surface area contributed by atoms with Gasteiger partial charge in [-0.1, -0.05) is 32.4 Å². The van der Waals surface area contributed by atoms with E-state index < -0.39 is 50.5 Å². The molecule has 43 heavy (non-hydrogen) atoms. The molecule has 1 heterocycles. The molecule has 0 aliphatic heterocycles. The number of carbonyl (C=O) groups excluding carboxylic acids is 1. The van der Waals surface area contributed by atoms with Crippen LogP contribution in [0.5, 0.6) is 11.5 Å². The average Bonchev–Trinajstić information content (AvgIpc) is 3.34. The van der Waals surface area contributed by atoms with E-state index in [0.717, 1.165) is 31.2 Å². The molecule has 236 valence electrons. The largest absolute Gasteiger partial charge is 0.496 e. The predicted octanol–water partition coefficient (Wildman–Crippen LogP) is 8.50. The summed E-state index contributed by atoms with van der Waals surface area (Å²) in [6.45, 7) is 3.31. The number of ether oxygens (including phenoxy) is 5. The smallest absolute Gasteiger partial charge is 0.494 e. The highest BCUT2D eigenvalue weighted by atomic mass is 19.3. The molecule has 13 heteroatoms. The van der Waals surface area contributed by atoms with Gasteiger partial charge in [-0.05, 0) is 48.7 Å². The summed E-state index contributed by atoms with van der Waals surface area (Å²) in [6, 6.07) is 12.1. The first-order valence-corrected chi connectivity index (χ1v) is 13.4. The van der Waals surface area contributed by atoms with Crippen LogP contribution in [0.15, 0.2) is 59.5 Å². The van der Waals surface area contributed by atoms with E-state index in [2.05, 4.69) is 27.7 Å². The van der Waals surface area contributed by atoms with Crippen molar-refractivity contribution in [1.82, 2.24) is 0 Å². The summed E-state index contributed by atoms with van der Waals surface area (Å²) in [6.07, 6.45) is -12.7. The number of aryl methyl sites for hydroxylation is 1. The number of unbranched alkanes of at least 4 members (excludes halogenated alkanes) is 2. The summed E-state index contributed by atoms with van der Waals surface area (Å²) in [7, 11) is 1.56. The third-order valence-corrected chi connectivity index (χ3v) is 6.09. The van der Waals surface area contributed by atoms with E-state index in [1.807, 2.05) is 18.2 Å². The second-order valence-electron chi connectivity index (χ2n) is 9.46. The summed E-state index contributed by atoms with van der Waals surface area (Å²) in [5, 5.41) is 0.682. The summed E-state index contributed by atoms with van der Waals surface area (Å²) in [4.78, 5) is 10.8. The summed E-state index contributed by atoms with van der Waals surface area (Å²) >= 11 is 0. The van der Waals surface area contributed by atoms with Crippen LogP contribution in [0.25, 0.3) is 22.3 Å². The van der Waals surface area contributed by atoms with Crippen molar-refractivity contribution in [3.63, 3.8) is 0 Å².